The molecule has 3 rings (SSSR count). The van der Waals surface area contributed by atoms with Crippen LogP contribution < -0.4 is 0 Å². The summed E-state index contributed by atoms with van der Waals surface area (Å²) >= 11 is 0. The molecule has 3 aliphatic carbocycles. The normalized spacial score (nSPS) is 44.8. The molecule has 2 unspecified atom stereocenters. The first kappa shape index (κ1) is 9.21. The van der Waals surface area contributed by atoms with Crippen molar-refractivity contribution in [2.45, 2.75) is 57.8 Å². The molecule has 3 saturated carbocycles. The maximum atomic E-state index is 9.37. The van der Waals surface area contributed by atoms with Crippen LogP contribution in [0.15, 0.2) is 0 Å². The van der Waals surface area contributed by atoms with Crippen LogP contribution in [0.4, 0.5) is 0 Å². The Kier molecular flexibility index (Phi) is 1.96. The lowest BCUT2D eigenvalue weighted by molar-refractivity contribution is 0.0539. The van der Waals surface area contributed by atoms with Gasteiger partial charge in [0, 0.05) is 6.61 Å². The van der Waals surface area contributed by atoms with Gasteiger partial charge >= 0.3 is 0 Å². The molecule has 1 nitrogen and oxygen atoms in total. The monoisotopic (exact) mass is 194 g/mol. The highest BCUT2D eigenvalue weighted by Crippen LogP contribution is 2.73. The summed E-state index contributed by atoms with van der Waals surface area (Å²) < 4.78 is 0. The van der Waals surface area contributed by atoms with Crippen LogP contribution in [0.1, 0.15) is 57.8 Å². The topological polar surface area (TPSA) is 20.2 Å². The van der Waals surface area contributed by atoms with Crippen molar-refractivity contribution in [3.63, 3.8) is 0 Å². The number of aliphatic hydroxyl groups is 1. The van der Waals surface area contributed by atoms with E-state index < -0.39 is 0 Å². The van der Waals surface area contributed by atoms with Gasteiger partial charge in [-0.1, -0.05) is 25.7 Å². The molecular weight excluding hydrogens is 172 g/mol. The average Bonchev–Trinajstić information content (AvgIpc) is 2.73. The molecule has 2 spiro atoms. The highest BCUT2D eigenvalue weighted by Gasteiger charge is 2.65. The maximum absolute atomic E-state index is 9.37. The van der Waals surface area contributed by atoms with Gasteiger partial charge in [-0.25, -0.2) is 0 Å². The quantitative estimate of drug-likeness (QED) is 0.680. The molecule has 0 aliphatic heterocycles. The van der Waals surface area contributed by atoms with Crippen LogP contribution in [-0.4, -0.2) is 11.7 Å². The molecule has 0 aromatic heterocycles. The summed E-state index contributed by atoms with van der Waals surface area (Å²) in [4.78, 5) is 0. The predicted molar refractivity (Wildman–Crippen MR) is 57.0 cm³/mol. The Morgan fingerprint density at radius 1 is 0.929 bits per heavy atom. The summed E-state index contributed by atoms with van der Waals surface area (Å²) in [7, 11) is 0. The minimum absolute atomic E-state index is 0.460. The molecule has 0 aromatic rings. The first-order valence-electron chi connectivity index (χ1n) is 6.44. The van der Waals surface area contributed by atoms with E-state index >= 15 is 0 Å². The van der Waals surface area contributed by atoms with Crippen molar-refractivity contribution in [2.24, 2.45) is 16.7 Å². The number of fused-ring (bicyclic) bond motifs is 1. The molecule has 0 aromatic carbocycles. The first-order valence-corrected chi connectivity index (χ1v) is 6.44. The van der Waals surface area contributed by atoms with Gasteiger partial charge in [0.2, 0.25) is 0 Å². The van der Waals surface area contributed by atoms with Crippen LogP contribution in [0.3, 0.4) is 0 Å². The summed E-state index contributed by atoms with van der Waals surface area (Å²) in [5.41, 5.74) is 1.31. The van der Waals surface area contributed by atoms with Gasteiger partial charge in [0.15, 0.2) is 0 Å². The fourth-order valence-corrected chi connectivity index (χ4v) is 4.79. The molecule has 80 valence electrons. The Hall–Kier alpha value is -0.0400. The lowest BCUT2D eigenvalue weighted by Crippen LogP contribution is -2.34. The van der Waals surface area contributed by atoms with Crippen molar-refractivity contribution >= 4 is 0 Å². The van der Waals surface area contributed by atoms with E-state index in [9.17, 15) is 5.11 Å². The Morgan fingerprint density at radius 2 is 1.50 bits per heavy atom. The zero-order chi connectivity index (χ0) is 9.65. The maximum Gasteiger partial charge on any atom is 0.0464 e. The lowest BCUT2D eigenvalue weighted by atomic mass is 9.61. The number of hydrogen-bond donors (Lipinski definition) is 1. The van der Waals surface area contributed by atoms with Crippen LogP contribution in [0, 0.1) is 16.7 Å². The SMILES string of the molecule is OCC1CC12CCCCC21CCCC1. The van der Waals surface area contributed by atoms with E-state index in [1.165, 1.54) is 57.8 Å². The summed E-state index contributed by atoms with van der Waals surface area (Å²) in [5.74, 6) is 0.681. The van der Waals surface area contributed by atoms with Crippen LogP contribution in [0.2, 0.25) is 0 Å². The molecule has 2 atom stereocenters. The van der Waals surface area contributed by atoms with E-state index in [1.807, 2.05) is 0 Å². The van der Waals surface area contributed by atoms with Gasteiger partial charge in [-0.05, 0) is 48.9 Å². The Balaban J connectivity index is 1.87. The van der Waals surface area contributed by atoms with Crippen LogP contribution in [-0.2, 0) is 0 Å². The molecule has 3 aliphatic rings. The molecule has 1 N–H and O–H groups in total. The first-order chi connectivity index (χ1) is 6.83. The Bertz CT molecular complexity index is 229. The second-order valence-corrected chi connectivity index (χ2v) is 5.93. The van der Waals surface area contributed by atoms with Crippen LogP contribution in [0.25, 0.3) is 0 Å². The van der Waals surface area contributed by atoms with Gasteiger partial charge < -0.3 is 5.11 Å². The number of aliphatic hydroxyl groups excluding tert-OH is 1. The predicted octanol–water partition coefficient (Wildman–Crippen LogP) is 3.12. The van der Waals surface area contributed by atoms with Crippen molar-refractivity contribution in [1.29, 1.82) is 0 Å². The van der Waals surface area contributed by atoms with E-state index in [1.54, 1.807) is 0 Å². The minimum atomic E-state index is 0.460. The highest BCUT2D eigenvalue weighted by molar-refractivity contribution is 5.15. The van der Waals surface area contributed by atoms with Gasteiger partial charge in [0.1, 0.15) is 0 Å². The zero-order valence-electron chi connectivity index (χ0n) is 9.10. The smallest absolute Gasteiger partial charge is 0.0464 e. The molecule has 0 heterocycles. The van der Waals surface area contributed by atoms with Crippen molar-refractivity contribution in [2.75, 3.05) is 6.61 Å². The molecule has 0 bridgehead atoms. The molecule has 1 heteroatoms. The van der Waals surface area contributed by atoms with Gasteiger partial charge in [0.05, 0.1) is 0 Å². The molecule has 3 fully saturated rings. The summed E-state index contributed by atoms with van der Waals surface area (Å²) in [6.45, 7) is 0.460. The lowest BCUT2D eigenvalue weighted by Gasteiger charge is -2.43. The average molecular weight is 194 g/mol. The fraction of sp³-hybridized carbons (Fsp3) is 1.00. The molecule has 0 saturated heterocycles. The third-order valence-electron chi connectivity index (χ3n) is 5.60. The van der Waals surface area contributed by atoms with E-state index in [4.69, 9.17) is 0 Å². The number of rotatable bonds is 1. The third-order valence-corrected chi connectivity index (χ3v) is 5.60. The summed E-state index contributed by atoms with van der Waals surface area (Å²) in [6, 6.07) is 0. The molecular formula is C13H22O. The standard InChI is InChI=1S/C13H22O/c14-10-11-9-13(11)8-4-3-7-12(13)5-1-2-6-12/h11,14H,1-10H2. The van der Waals surface area contributed by atoms with Crippen molar-refractivity contribution in [3.8, 4) is 0 Å². The Morgan fingerprint density at radius 3 is 2.00 bits per heavy atom. The van der Waals surface area contributed by atoms with Gasteiger partial charge in [-0.2, -0.15) is 0 Å². The second-order valence-electron chi connectivity index (χ2n) is 5.93. The third kappa shape index (κ3) is 0.997. The van der Waals surface area contributed by atoms with Crippen LogP contribution in [0.5, 0.6) is 0 Å². The van der Waals surface area contributed by atoms with E-state index in [0.717, 1.165) is 0 Å². The van der Waals surface area contributed by atoms with Crippen molar-refractivity contribution < 1.29 is 5.11 Å². The largest absolute Gasteiger partial charge is 0.396 e. The summed E-state index contributed by atoms with van der Waals surface area (Å²) in [5, 5.41) is 9.37. The molecule has 0 amide bonds. The number of hydrogen-bond acceptors (Lipinski definition) is 1. The van der Waals surface area contributed by atoms with Crippen molar-refractivity contribution in [3.05, 3.63) is 0 Å². The van der Waals surface area contributed by atoms with Gasteiger partial charge in [-0.15, -0.1) is 0 Å². The molecule has 14 heavy (non-hydrogen) atoms. The molecule has 0 radical (unpaired) electrons. The van der Waals surface area contributed by atoms with Gasteiger partial charge in [-0.3, -0.25) is 0 Å². The van der Waals surface area contributed by atoms with E-state index in [2.05, 4.69) is 0 Å². The fourth-order valence-electron chi connectivity index (χ4n) is 4.79. The van der Waals surface area contributed by atoms with Crippen LogP contribution >= 0.6 is 0 Å². The summed E-state index contributed by atoms with van der Waals surface area (Å²) in [6.07, 6.45) is 13.0. The Labute approximate surface area is 86.9 Å². The van der Waals surface area contributed by atoms with E-state index in [-0.39, 0.29) is 0 Å². The highest BCUT2D eigenvalue weighted by atomic mass is 16.3. The van der Waals surface area contributed by atoms with Gasteiger partial charge in [0.25, 0.3) is 0 Å². The van der Waals surface area contributed by atoms with Crippen molar-refractivity contribution in [1.82, 2.24) is 0 Å². The van der Waals surface area contributed by atoms with E-state index in [0.29, 0.717) is 23.4 Å². The minimum Gasteiger partial charge on any atom is -0.396 e. The second kappa shape index (κ2) is 2.98. The zero-order valence-corrected chi connectivity index (χ0v) is 9.10.